The number of benzene rings is 1. The van der Waals surface area contributed by atoms with E-state index in [0.29, 0.717) is 18.1 Å². The standard InChI is InChI=1S/C18H23N3O3/c22-15-7-11-21(12-8-15)10-4-9-19-17(23)16-13-24-18(20-16)14-5-2-1-3-6-14/h1-3,5-6,13,15,22H,4,7-12H2,(H,19,23). The zero-order chi connectivity index (χ0) is 16.8. The Balaban J connectivity index is 1.42. The highest BCUT2D eigenvalue weighted by atomic mass is 16.3. The molecule has 2 heterocycles. The highest BCUT2D eigenvalue weighted by Gasteiger charge is 2.16. The van der Waals surface area contributed by atoms with E-state index in [0.717, 1.165) is 44.5 Å². The number of nitrogens with one attached hydrogen (secondary N) is 1. The fourth-order valence-corrected chi connectivity index (χ4v) is 2.83. The number of aliphatic hydroxyl groups is 1. The predicted octanol–water partition coefficient (Wildman–Crippen LogP) is 1.92. The first-order chi connectivity index (χ1) is 11.7. The first kappa shape index (κ1) is 16.7. The van der Waals surface area contributed by atoms with Crippen LogP contribution in [-0.2, 0) is 0 Å². The molecule has 24 heavy (non-hydrogen) atoms. The molecular weight excluding hydrogens is 306 g/mol. The average Bonchev–Trinajstić information content (AvgIpc) is 3.11. The van der Waals surface area contributed by atoms with Crippen molar-refractivity contribution in [1.82, 2.24) is 15.2 Å². The maximum Gasteiger partial charge on any atom is 0.273 e. The Bertz CT molecular complexity index is 649. The maximum absolute atomic E-state index is 12.1. The molecule has 1 aliphatic heterocycles. The van der Waals surface area contributed by atoms with Crippen LogP contribution in [0.3, 0.4) is 0 Å². The summed E-state index contributed by atoms with van der Waals surface area (Å²) >= 11 is 0. The van der Waals surface area contributed by atoms with E-state index < -0.39 is 0 Å². The van der Waals surface area contributed by atoms with Gasteiger partial charge in [-0.25, -0.2) is 4.98 Å². The minimum atomic E-state index is -0.213. The lowest BCUT2D eigenvalue weighted by Crippen LogP contribution is -2.37. The number of amides is 1. The second-order valence-corrected chi connectivity index (χ2v) is 6.09. The summed E-state index contributed by atoms with van der Waals surface area (Å²) in [6.07, 6.45) is 3.81. The van der Waals surface area contributed by atoms with Crippen molar-refractivity contribution in [2.45, 2.75) is 25.4 Å². The summed E-state index contributed by atoms with van der Waals surface area (Å²) in [5, 5.41) is 12.4. The Kier molecular flexibility index (Phi) is 5.61. The van der Waals surface area contributed by atoms with Gasteiger partial charge in [0.25, 0.3) is 5.91 Å². The number of piperidine rings is 1. The molecule has 0 unspecified atom stereocenters. The van der Waals surface area contributed by atoms with Crippen LogP contribution in [0.2, 0.25) is 0 Å². The predicted molar refractivity (Wildman–Crippen MR) is 90.6 cm³/mol. The molecule has 1 fully saturated rings. The minimum absolute atomic E-state index is 0.146. The summed E-state index contributed by atoms with van der Waals surface area (Å²) in [5.74, 6) is 0.239. The highest BCUT2D eigenvalue weighted by Crippen LogP contribution is 2.17. The number of oxazole rings is 1. The molecule has 0 atom stereocenters. The van der Waals surface area contributed by atoms with Gasteiger partial charge in [-0.05, 0) is 37.9 Å². The Morgan fingerprint density at radius 1 is 1.29 bits per heavy atom. The van der Waals surface area contributed by atoms with Crippen LogP contribution in [0.4, 0.5) is 0 Å². The van der Waals surface area contributed by atoms with Gasteiger partial charge in [0.2, 0.25) is 5.89 Å². The van der Waals surface area contributed by atoms with Crippen molar-refractivity contribution >= 4 is 5.91 Å². The molecule has 1 saturated heterocycles. The molecule has 3 rings (SSSR count). The molecule has 1 aliphatic rings. The molecule has 0 aliphatic carbocycles. The number of carbonyl (C=O) groups excluding carboxylic acids is 1. The molecule has 1 aromatic carbocycles. The van der Waals surface area contributed by atoms with E-state index in [1.54, 1.807) is 0 Å². The van der Waals surface area contributed by atoms with Gasteiger partial charge in [-0.15, -0.1) is 0 Å². The van der Waals surface area contributed by atoms with Crippen LogP contribution >= 0.6 is 0 Å². The largest absolute Gasteiger partial charge is 0.444 e. The van der Waals surface area contributed by atoms with Crippen LogP contribution in [0.5, 0.6) is 0 Å². The summed E-state index contributed by atoms with van der Waals surface area (Å²) < 4.78 is 5.38. The minimum Gasteiger partial charge on any atom is -0.444 e. The van der Waals surface area contributed by atoms with Crippen molar-refractivity contribution < 1.29 is 14.3 Å². The number of aromatic nitrogens is 1. The quantitative estimate of drug-likeness (QED) is 0.792. The topological polar surface area (TPSA) is 78.6 Å². The summed E-state index contributed by atoms with van der Waals surface area (Å²) in [7, 11) is 0. The Morgan fingerprint density at radius 2 is 2.04 bits per heavy atom. The van der Waals surface area contributed by atoms with E-state index in [9.17, 15) is 9.90 Å². The molecule has 0 saturated carbocycles. The zero-order valence-corrected chi connectivity index (χ0v) is 13.6. The van der Waals surface area contributed by atoms with Crippen LogP contribution in [-0.4, -0.2) is 53.2 Å². The molecule has 0 bridgehead atoms. The lowest BCUT2D eigenvalue weighted by atomic mass is 10.1. The SMILES string of the molecule is O=C(NCCCN1CCC(O)CC1)c1coc(-c2ccccc2)n1. The molecular formula is C18H23N3O3. The molecule has 0 radical (unpaired) electrons. The third-order valence-electron chi connectivity index (χ3n) is 4.25. The fourth-order valence-electron chi connectivity index (χ4n) is 2.83. The van der Waals surface area contributed by atoms with Crippen LogP contribution < -0.4 is 5.32 Å². The molecule has 6 heteroatoms. The fraction of sp³-hybridized carbons (Fsp3) is 0.444. The molecule has 2 aromatic rings. The molecule has 6 nitrogen and oxygen atoms in total. The van der Waals surface area contributed by atoms with Crippen LogP contribution in [0.25, 0.3) is 11.5 Å². The van der Waals surface area contributed by atoms with Gasteiger partial charge in [-0.3, -0.25) is 4.79 Å². The first-order valence-corrected chi connectivity index (χ1v) is 8.42. The summed E-state index contributed by atoms with van der Waals surface area (Å²) in [6, 6.07) is 9.51. The van der Waals surface area contributed by atoms with Crippen molar-refractivity contribution in [2.24, 2.45) is 0 Å². The summed E-state index contributed by atoms with van der Waals surface area (Å²) in [6.45, 7) is 3.39. The van der Waals surface area contributed by atoms with Gasteiger partial charge in [0, 0.05) is 25.2 Å². The van der Waals surface area contributed by atoms with Crippen molar-refractivity contribution in [1.29, 1.82) is 0 Å². The third-order valence-corrected chi connectivity index (χ3v) is 4.25. The van der Waals surface area contributed by atoms with Gasteiger partial charge in [0.1, 0.15) is 6.26 Å². The van der Waals surface area contributed by atoms with Crippen LogP contribution in [0.15, 0.2) is 41.0 Å². The van der Waals surface area contributed by atoms with Crippen molar-refractivity contribution in [2.75, 3.05) is 26.2 Å². The summed E-state index contributed by atoms with van der Waals surface area (Å²) in [5.41, 5.74) is 1.15. The molecule has 0 spiro atoms. The molecule has 2 N–H and O–H groups in total. The smallest absolute Gasteiger partial charge is 0.273 e. The molecule has 1 amide bonds. The van der Waals surface area contributed by atoms with Gasteiger partial charge in [-0.1, -0.05) is 18.2 Å². The van der Waals surface area contributed by atoms with Crippen molar-refractivity contribution in [3.63, 3.8) is 0 Å². The van der Waals surface area contributed by atoms with Crippen LogP contribution in [0.1, 0.15) is 29.8 Å². The maximum atomic E-state index is 12.1. The number of carbonyl (C=O) groups is 1. The van der Waals surface area contributed by atoms with E-state index in [2.05, 4.69) is 15.2 Å². The van der Waals surface area contributed by atoms with Crippen molar-refractivity contribution in [3.8, 4) is 11.5 Å². The molecule has 128 valence electrons. The zero-order valence-electron chi connectivity index (χ0n) is 13.6. The van der Waals surface area contributed by atoms with E-state index >= 15 is 0 Å². The normalized spacial score (nSPS) is 16.2. The lowest BCUT2D eigenvalue weighted by Gasteiger charge is -2.29. The number of aliphatic hydroxyl groups excluding tert-OH is 1. The van der Waals surface area contributed by atoms with E-state index in [4.69, 9.17) is 4.42 Å². The van der Waals surface area contributed by atoms with Gasteiger partial charge in [-0.2, -0.15) is 0 Å². The van der Waals surface area contributed by atoms with Crippen molar-refractivity contribution in [3.05, 3.63) is 42.3 Å². The van der Waals surface area contributed by atoms with Gasteiger partial charge in [0.15, 0.2) is 5.69 Å². The van der Waals surface area contributed by atoms with Gasteiger partial charge < -0.3 is 19.7 Å². The first-order valence-electron chi connectivity index (χ1n) is 8.42. The van der Waals surface area contributed by atoms with E-state index in [1.807, 2.05) is 30.3 Å². The number of rotatable bonds is 6. The number of likely N-dealkylation sites (tertiary alicyclic amines) is 1. The number of nitrogens with zero attached hydrogens (tertiary/aromatic N) is 2. The molecule has 1 aromatic heterocycles. The van der Waals surface area contributed by atoms with Gasteiger partial charge >= 0.3 is 0 Å². The summed E-state index contributed by atoms with van der Waals surface area (Å²) in [4.78, 5) is 18.7. The lowest BCUT2D eigenvalue weighted by molar-refractivity contribution is 0.0816. The second-order valence-electron chi connectivity index (χ2n) is 6.09. The van der Waals surface area contributed by atoms with E-state index in [1.165, 1.54) is 6.26 Å². The van der Waals surface area contributed by atoms with E-state index in [-0.39, 0.29) is 12.0 Å². The Hall–Kier alpha value is -2.18. The van der Waals surface area contributed by atoms with Gasteiger partial charge in [0.05, 0.1) is 6.10 Å². The highest BCUT2D eigenvalue weighted by molar-refractivity contribution is 5.92. The van der Waals surface area contributed by atoms with Crippen LogP contribution in [0, 0.1) is 0 Å². The number of hydrogen-bond donors (Lipinski definition) is 2. The average molecular weight is 329 g/mol. The Labute approximate surface area is 141 Å². The Morgan fingerprint density at radius 3 is 2.79 bits per heavy atom. The number of hydrogen-bond acceptors (Lipinski definition) is 5. The monoisotopic (exact) mass is 329 g/mol. The third kappa shape index (κ3) is 4.43. The second kappa shape index (κ2) is 8.08.